The minimum atomic E-state index is -1.74. The van der Waals surface area contributed by atoms with Crippen molar-refractivity contribution in [1.82, 2.24) is 0 Å². The summed E-state index contributed by atoms with van der Waals surface area (Å²) < 4.78 is 13.7. The average Bonchev–Trinajstić information content (AvgIpc) is 2.74. The summed E-state index contributed by atoms with van der Waals surface area (Å²) in [5.41, 5.74) is 4.47. The van der Waals surface area contributed by atoms with Crippen LogP contribution in [0.15, 0.2) is 16.9 Å². The van der Waals surface area contributed by atoms with Gasteiger partial charge in [0.2, 0.25) is 0 Å². The van der Waals surface area contributed by atoms with Crippen LogP contribution in [0.5, 0.6) is 0 Å². The first-order chi connectivity index (χ1) is 16.0. The van der Waals surface area contributed by atoms with Gasteiger partial charge in [-0.15, -0.1) is 5.73 Å². The Balaban J connectivity index is 1.58. The minimum Gasteiger partial charge on any atom is -0.404 e. The number of rotatable bonds is 8. The third-order valence-corrected chi connectivity index (χ3v) is 13.4. The van der Waals surface area contributed by atoms with E-state index in [1.54, 1.807) is 0 Å². The zero-order chi connectivity index (χ0) is 26.1. The molecule has 3 nitrogen and oxygen atoms in total. The van der Waals surface area contributed by atoms with Crippen molar-refractivity contribution in [2.24, 2.45) is 52.3 Å². The second-order valence-electron chi connectivity index (χ2n) is 15.3. The fourth-order valence-corrected chi connectivity index (χ4v) is 9.99. The molecule has 6 aliphatic rings. The standard InChI is InChI=1S/C30H53BO3Si/c1-18(2)28(32)27(35(9,10)11)12-13-31(33-25-16-21-14-23(19(25)3)29(21,5)6)34-26-17-22-15-24(20(26)4)30(22,7)8/h13,18-26,28,32H,14-17H2,1-11H3/t12?,19-,20-,21+,22+,23-,24-,25-,26-,28-/m1/s1. The first kappa shape index (κ1) is 27.7. The minimum absolute atomic E-state index is 0.179. The molecule has 0 aliphatic heterocycles. The molecule has 0 unspecified atom stereocenters. The molecule has 6 fully saturated rings. The monoisotopic (exact) mass is 500 g/mol. The number of hydrogen-bond acceptors (Lipinski definition) is 3. The van der Waals surface area contributed by atoms with Crippen LogP contribution in [0.1, 0.15) is 81.1 Å². The number of hydrogen-bond donors (Lipinski definition) is 1. The van der Waals surface area contributed by atoms with Gasteiger partial charge in [-0.2, -0.15) is 0 Å². The molecule has 5 heteroatoms. The zero-order valence-electron chi connectivity index (χ0n) is 24.5. The predicted molar refractivity (Wildman–Crippen MR) is 150 cm³/mol. The third-order valence-electron chi connectivity index (χ3n) is 11.3. The van der Waals surface area contributed by atoms with Gasteiger partial charge in [0.1, 0.15) is 0 Å². The van der Waals surface area contributed by atoms with E-state index in [-0.39, 0.29) is 25.2 Å². The van der Waals surface area contributed by atoms with Crippen molar-refractivity contribution in [3.63, 3.8) is 0 Å². The average molecular weight is 501 g/mol. The normalized spacial score (nSPS) is 39.7. The number of aliphatic hydroxyl groups excluding tert-OH is 1. The third kappa shape index (κ3) is 4.95. The summed E-state index contributed by atoms with van der Waals surface area (Å²) >= 11 is 0. The van der Waals surface area contributed by atoms with Gasteiger partial charge in [0.05, 0.1) is 14.2 Å². The highest BCUT2D eigenvalue weighted by atomic mass is 28.3. The molecule has 6 rings (SSSR count). The molecular weight excluding hydrogens is 447 g/mol. The zero-order valence-corrected chi connectivity index (χ0v) is 25.5. The van der Waals surface area contributed by atoms with Gasteiger partial charge in [-0.1, -0.05) is 75.0 Å². The van der Waals surface area contributed by atoms with Crippen molar-refractivity contribution in [2.45, 2.75) is 119 Å². The van der Waals surface area contributed by atoms with Crippen LogP contribution < -0.4 is 0 Å². The summed E-state index contributed by atoms with van der Waals surface area (Å²) in [5, 5.41) is 12.1. The molecule has 0 radical (unpaired) electrons. The second-order valence-corrected chi connectivity index (χ2v) is 20.3. The van der Waals surface area contributed by atoms with Crippen molar-refractivity contribution in [3.8, 4) is 0 Å². The molecule has 1 N–H and O–H groups in total. The van der Waals surface area contributed by atoms with Crippen molar-refractivity contribution in [2.75, 3.05) is 0 Å². The molecule has 0 aromatic rings. The Bertz CT molecular complexity index is 808. The van der Waals surface area contributed by atoms with Gasteiger partial charge in [-0.3, -0.25) is 0 Å². The van der Waals surface area contributed by atoms with Crippen LogP contribution in [0.25, 0.3) is 0 Å². The molecule has 35 heavy (non-hydrogen) atoms. The first-order valence-electron chi connectivity index (χ1n) is 14.5. The Morgan fingerprint density at radius 1 is 0.886 bits per heavy atom. The second kappa shape index (κ2) is 9.46. The van der Waals surface area contributed by atoms with Crippen molar-refractivity contribution >= 4 is 15.2 Å². The first-order valence-corrected chi connectivity index (χ1v) is 18.0. The van der Waals surface area contributed by atoms with E-state index in [0.717, 1.165) is 41.7 Å². The van der Waals surface area contributed by atoms with E-state index in [9.17, 15) is 5.11 Å². The summed E-state index contributed by atoms with van der Waals surface area (Å²) in [6.07, 6.45) is 5.01. The number of fused-ring (bicyclic) bond motifs is 4. The maximum atomic E-state index is 11.0. The topological polar surface area (TPSA) is 38.7 Å². The van der Waals surface area contributed by atoms with E-state index in [1.165, 1.54) is 12.8 Å². The van der Waals surface area contributed by atoms with Crippen LogP contribution in [0.3, 0.4) is 0 Å². The quantitative estimate of drug-likeness (QED) is 0.284. The Hall–Kier alpha value is -0.318. The lowest BCUT2D eigenvalue weighted by atomic mass is 9.45. The predicted octanol–water partition coefficient (Wildman–Crippen LogP) is 7.16. The van der Waals surface area contributed by atoms with Crippen LogP contribution in [0.2, 0.25) is 19.6 Å². The highest BCUT2D eigenvalue weighted by Crippen LogP contribution is 2.63. The summed E-state index contributed by atoms with van der Waals surface area (Å²) in [6, 6.07) is 0. The molecule has 4 bridgehead atoms. The SMILES string of the molecule is CC(C)[C@@H](O)C(=C=CB(O[C@@H]1C[C@@H]2C[C@H]([C@H]1C)C2(C)C)O[C@@H]1C[C@@H]2C[C@H]([C@H]1C)C2(C)C)[Si](C)(C)C. The Morgan fingerprint density at radius 2 is 1.31 bits per heavy atom. The van der Waals surface area contributed by atoms with Gasteiger partial charge in [-0.05, 0) is 89.1 Å². The van der Waals surface area contributed by atoms with E-state index in [2.05, 4.69) is 80.8 Å². The summed E-state index contributed by atoms with van der Waals surface area (Å²) in [7, 11) is -2.13. The van der Waals surface area contributed by atoms with E-state index < -0.39 is 14.2 Å². The fourth-order valence-electron chi connectivity index (χ4n) is 8.26. The lowest BCUT2D eigenvalue weighted by Crippen LogP contribution is -2.59. The molecule has 0 amide bonds. The van der Waals surface area contributed by atoms with Crippen LogP contribution >= 0.6 is 0 Å². The fraction of sp³-hybridized carbons (Fsp3) is 0.900. The maximum Gasteiger partial charge on any atom is 0.494 e. The molecule has 0 heterocycles. The van der Waals surface area contributed by atoms with Crippen LogP contribution in [0, 0.1) is 52.3 Å². The molecule has 0 saturated heterocycles. The van der Waals surface area contributed by atoms with Gasteiger partial charge in [0.25, 0.3) is 0 Å². The van der Waals surface area contributed by atoms with Crippen LogP contribution in [-0.4, -0.2) is 38.6 Å². The van der Waals surface area contributed by atoms with Crippen molar-refractivity contribution < 1.29 is 14.4 Å². The maximum absolute atomic E-state index is 11.0. The Morgan fingerprint density at radius 3 is 1.63 bits per heavy atom. The lowest BCUT2D eigenvalue weighted by Gasteiger charge is -2.62. The summed E-state index contributed by atoms with van der Waals surface area (Å²) in [4.78, 5) is 0. The summed E-state index contributed by atoms with van der Waals surface area (Å²) in [5.74, 6) is 6.32. The van der Waals surface area contributed by atoms with Crippen molar-refractivity contribution in [3.05, 3.63) is 16.9 Å². The van der Waals surface area contributed by atoms with E-state index in [1.807, 2.05) is 5.98 Å². The smallest absolute Gasteiger partial charge is 0.404 e. The van der Waals surface area contributed by atoms with Gasteiger partial charge < -0.3 is 14.4 Å². The molecule has 9 atom stereocenters. The molecule has 0 aromatic heterocycles. The van der Waals surface area contributed by atoms with Crippen molar-refractivity contribution in [1.29, 1.82) is 0 Å². The van der Waals surface area contributed by atoms with Gasteiger partial charge in [0.15, 0.2) is 0 Å². The highest BCUT2D eigenvalue weighted by molar-refractivity contribution is 6.83. The lowest BCUT2D eigenvalue weighted by molar-refractivity contribution is -0.165. The van der Waals surface area contributed by atoms with Gasteiger partial charge >= 0.3 is 7.12 Å². The van der Waals surface area contributed by atoms with Gasteiger partial charge in [-0.25, -0.2) is 0 Å². The van der Waals surface area contributed by atoms with Crippen LogP contribution in [0.4, 0.5) is 0 Å². The van der Waals surface area contributed by atoms with Crippen LogP contribution in [-0.2, 0) is 9.31 Å². The van der Waals surface area contributed by atoms with E-state index in [0.29, 0.717) is 22.7 Å². The summed E-state index contributed by atoms with van der Waals surface area (Å²) in [6.45, 7) is 25.6. The van der Waals surface area contributed by atoms with Gasteiger partial charge in [0, 0.05) is 12.2 Å². The molecule has 6 aliphatic carbocycles. The number of aliphatic hydroxyl groups is 1. The van der Waals surface area contributed by atoms with E-state index >= 15 is 0 Å². The molecule has 0 aromatic carbocycles. The molecule has 6 saturated carbocycles. The highest BCUT2D eigenvalue weighted by Gasteiger charge is 2.58. The Labute approximate surface area is 217 Å². The largest absolute Gasteiger partial charge is 0.494 e. The molecular formula is C30H53BO3Si. The molecule has 0 spiro atoms. The van der Waals surface area contributed by atoms with E-state index in [4.69, 9.17) is 9.31 Å². The molecule has 198 valence electrons. The Kier molecular flexibility index (Phi) is 7.49.